The van der Waals surface area contributed by atoms with Crippen molar-refractivity contribution in [3.05, 3.63) is 39.7 Å². The molecule has 0 aromatic carbocycles. The largest absolute Gasteiger partial charge is 0.448 e. The summed E-state index contributed by atoms with van der Waals surface area (Å²) in [6.07, 6.45) is 2.65. The molecule has 2 rings (SSSR count). The molecule has 0 fully saturated rings. The van der Waals surface area contributed by atoms with Gasteiger partial charge in [-0.2, -0.15) is 0 Å². The van der Waals surface area contributed by atoms with Crippen molar-refractivity contribution in [3.8, 4) is 0 Å². The number of hydrogen-bond acceptors (Lipinski definition) is 4. The second kappa shape index (κ2) is 5.48. The molecule has 0 amide bonds. The van der Waals surface area contributed by atoms with E-state index >= 15 is 0 Å². The van der Waals surface area contributed by atoms with Gasteiger partial charge in [-0.3, -0.25) is 0 Å². The number of thiazole rings is 1. The minimum absolute atomic E-state index is 0.142. The molecular weight excluding hydrogens is 244 g/mol. The average molecular weight is 257 g/mol. The van der Waals surface area contributed by atoms with Gasteiger partial charge in [0.05, 0.1) is 11.0 Å². The van der Waals surface area contributed by atoms with Crippen LogP contribution < -0.4 is 5.32 Å². The van der Waals surface area contributed by atoms with Crippen molar-refractivity contribution >= 4 is 22.9 Å². The van der Waals surface area contributed by atoms with Gasteiger partial charge in [0, 0.05) is 18.0 Å². The summed E-state index contributed by atoms with van der Waals surface area (Å²) in [6, 6.07) is 3.82. The van der Waals surface area contributed by atoms with E-state index in [2.05, 4.69) is 17.2 Å². The molecule has 1 unspecified atom stereocenters. The molecule has 0 saturated carbocycles. The highest BCUT2D eigenvalue weighted by atomic mass is 35.5. The van der Waals surface area contributed by atoms with E-state index in [1.165, 1.54) is 0 Å². The quantitative estimate of drug-likeness (QED) is 0.892. The highest BCUT2D eigenvalue weighted by Crippen LogP contribution is 2.23. The summed E-state index contributed by atoms with van der Waals surface area (Å²) in [5, 5.41) is 6.87. The zero-order valence-corrected chi connectivity index (χ0v) is 10.5. The summed E-state index contributed by atoms with van der Waals surface area (Å²) in [5.74, 6) is 0.863. The van der Waals surface area contributed by atoms with Crippen molar-refractivity contribution in [1.29, 1.82) is 0 Å². The predicted molar refractivity (Wildman–Crippen MR) is 66.0 cm³/mol. The minimum atomic E-state index is 0.142. The van der Waals surface area contributed by atoms with Crippen LogP contribution in [0.15, 0.2) is 28.1 Å². The molecule has 0 aliphatic rings. The Balaban J connectivity index is 2.11. The lowest BCUT2D eigenvalue weighted by molar-refractivity contribution is 0.417. The molecule has 2 aromatic heterocycles. The Morgan fingerprint density at radius 3 is 3.00 bits per heavy atom. The first kappa shape index (κ1) is 11.6. The van der Waals surface area contributed by atoms with Crippen LogP contribution in [0.25, 0.3) is 0 Å². The summed E-state index contributed by atoms with van der Waals surface area (Å²) >= 11 is 7.43. The lowest BCUT2D eigenvalue weighted by Gasteiger charge is -2.13. The first-order valence-electron chi connectivity index (χ1n) is 5.16. The van der Waals surface area contributed by atoms with Crippen LogP contribution in [0.2, 0.25) is 5.22 Å². The summed E-state index contributed by atoms with van der Waals surface area (Å²) < 4.78 is 5.43. The molecule has 1 atom stereocenters. The molecule has 0 saturated heterocycles. The second-order valence-electron chi connectivity index (χ2n) is 3.38. The van der Waals surface area contributed by atoms with Gasteiger partial charge in [-0.25, -0.2) is 4.98 Å². The van der Waals surface area contributed by atoms with Crippen molar-refractivity contribution in [2.75, 3.05) is 6.54 Å². The standard InChI is InChI=1S/C11H13ClN2OS/c1-2-13-8(7-11-14-5-6-16-11)9-3-4-10(12)15-9/h3-6,8,13H,2,7H2,1H3. The van der Waals surface area contributed by atoms with E-state index in [1.54, 1.807) is 17.4 Å². The van der Waals surface area contributed by atoms with Crippen LogP contribution in [0, 0.1) is 0 Å². The topological polar surface area (TPSA) is 38.1 Å². The van der Waals surface area contributed by atoms with Gasteiger partial charge in [0.15, 0.2) is 5.22 Å². The fourth-order valence-corrected chi connectivity index (χ4v) is 2.38. The van der Waals surface area contributed by atoms with Crippen LogP contribution in [-0.2, 0) is 6.42 Å². The summed E-state index contributed by atoms with van der Waals surface area (Å²) in [7, 11) is 0. The maximum absolute atomic E-state index is 5.78. The molecule has 86 valence electrons. The highest BCUT2D eigenvalue weighted by molar-refractivity contribution is 7.09. The zero-order valence-electron chi connectivity index (χ0n) is 8.94. The molecule has 0 spiro atoms. The van der Waals surface area contributed by atoms with Gasteiger partial charge in [0.2, 0.25) is 0 Å². The van der Waals surface area contributed by atoms with Crippen molar-refractivity contribution in [2.24, 2.45) is 0 Å². The lowest BCUT2D eigenvalue weighted by Crippen LogP contribution is -2.22. The number of likely N-dealkylation sites (N-methyl/N-ethyl adjacent to an activating group) is 1. The summed E-state index contributed by atoms with van der Waals surface area (Å²) in [6.45, 7) is 2.95. The van der Waals surface area contributed by atoms with Crippen LogP contribution in [0.3, 0.4) is 0 Å². The number of rotatable bonds is 5. The predicted octanol–water partition coefficient (Wildman–Crippen LogP) is 3.28. The SMILES string of the molecule is CCNC(Cc1nccs1)c1ccc(Cl)o1. The molecule has 0 aliphatic carbocycles. The summed E-state index contributed by atoms with van der Waals surface area (Å²) in [5.41, 5.74) is 0. The first-order chi connectivity index (χ1) is 7.79. The van der Waals surface area contributed by atoms with Crippen LogP contribution in [0.5, 0.6) is 0 Å². The van der Waals surface area contributed by atoms with Crippen LogP contribution in [0.1, 0.15) is 23.7 Å². The maximum Gasteiger partial charge on any atom is 0.193 e. The molecule has 2 heterocycles. The van der Waals surface area contributed by atoms with E-state index < -0.39 is 0 Å². The molecular formula is C11H13ClN2OS. The van der Waals surface area contributed by atoms with Gasteiger partial charge in [-0.1, -0.05) is 6.92 Å². The maximum atomic E-state index is 5.78. The number of halogens is 1. The van der Waals surface area contributed by atoms with Gasteiger partial charge in [0.1, 0.15) is 5.76 Å². The van der Waals surface area contributed by atoms with Crippen LogP contribution in [-0.4, -0.2) is 11.5 Å². The monoisotopic (exact) mass is 256 g/mol. The third kappa shape index (κ3) is 2.84. The molecule has 5 heteroatoms. The van der Waals surface area contributed by atoms with E-state index in [4.69, 9.17) is 16.0 Å². The van der Waals surface area contributed by atoms with E-state index in [-0.39, 0.29) is 6.04 Å². The minimum Gasteiger partial charge on any atom is -0.448 e. The normalized spacial score (nSPS) is 12.9. The molecule has 16 heavy (non-hydrogen) atoms. The van der Waals surface area contributed by atoms with E-state index in [1.807, 2.05) is 17.6 Å². The second-order valence-corrected chi connectivity index (χ2v) is 4.73. The molecule has 2 aromatic rings. The van der Waals surface area contributed by atoms with Gasteiger partial charge in [0.25, 0.3) is 0 Å². The molecule has 3 nitrogen and oxygen atoms in total. The van der Waals surface area contributed by atoms with E-state index in [0.717, 1.165) is 23.7 Å². The average Bonchev–Trinajstić information content (AvgIpc) is 2.88. The molecule has 0 aliphatic heterocycles. The Morgan fingerprint density at radius 1 is 1.56 bits per heavy atom. The Labute approximate surface area is 103 Å². The molecule has 1 N–H and O–H groups in total. The van der Waals surface area contributed by atoms with Gasteiger partial charge >= 0.3 is 0 Å². The Bertz CT molecular complexity index is 427. The third-order valence-electron chi connectivity index (χ3n) is 2.25. The van der Waals surface area contributed by atoms with Gasteiger partial charge < -0.3 is 9.73 Å². The smallest absolute Gasteiger partial charge is 0.193 e. The molecule has 0 radical (unpaired) electrons. The Hall–Kier alpha value is -0.840. The van der Waals surface area contributed by atoms with Gasteiger partial charge in [-0.05, 0) is 30.3 Å². The number of furan rings is 1. The third-order valence-corrected chi connectivity index (χ3v) is 3.26. The zero-order chi connectivity index (χ0) is 11.4. The van der Waals surface area contributed by atoms with Crippen LogP contribution in [0.4, 0.5) is 0 Å². The van der Waals surface area contributed by atoms with E-state index in [0.29, 0.717) is 5.22 Å². The van der Waals surface area contributed by atoms with Crippen molar-refractivity contribution in [2.45, 2.75) is 19.4 Å². The fourth-order valence-electron chi connectivity index (χ4n) is 1.56. The van der Waals surface area contributed by atoms with E-state index in [9.17, 15) is 0 Å². The highest BCUT2D eigenvalue weighted by Gasteiger charge is 2.16. The summed E-state index contributed by atoms with van der Waals surface area (Å²) in [4.78, 5) is 4.27. The Morgan fingerprint density at radius 2 is 2.44 bits per heavy atom. The lowest BCUT2D eigenvalue weighted by atomic mass is 10.1. The number of hydrogen-bond donors (Lipinski definition) is 1. The van der Waals surface area contributed by atoms with Crippen LogP contribution >= 0.6 is 22.9 Å². The first-order valence-corrected chi connectivity index (χ1v) is 6.42. The molecule has 0 bridgehead atoms. The number of nitrogens with zero attached hydrogens (tertiary/aromatic N) is 1. The Kier molecular flexibility index (Phi) is 3.98. The van der Waals surface area contributed by atoms with Crippen molar-refractivity contribution in [1.82, 2.24) is 10.3 Å². The van der Waals surface area contributed by atoms with Crippen molar-refractivity contribution < 1.29 is 4.42 Å². The van der Waals surface area contributed by atoms with Gasteiger partial charge in [-0.15, -0.1) is 11.3 Å². The number of aromatic nitrogens is 1. The van der Waals surface area contributed by atoms with Crippen molar-refractivity contribution in [3.63, 3.8) is 0 Å². The fraction of sp³-hybridized carbons (Fsp3) is 0.364. The number of nitrogens with one attached hydrogen (secondary N) is 1.